The van der Waals surface area contributed by atoms with Crippen molar-refractivity contribution in [3.8, 4) is 5.75 Å². The van der Waals surface area contributed by atoms with Gasteiger partial charge < -0.3 is 14.6 Å². The van der Waals surface area contributed by atoms with Gasteiger partial charge in [-0.25, -0.2) is 4.79 Å². The standard InChI is InChI=1S/C28H25NO6/c1-3-17-35-22-15-11-19(12-16-22)25(30)23-24(18-7-5-4-6-8-18)29(27(32)26(23)31)21-13-9-20(10-14-21)28(33)34-2/h4-16,24,30H,3,17H2,1-2H3/b25-23+. The molecule has 0 radical (unpaired) electrons. The Labute approximate surface area is 203 Å². The highest BCUT2D eigenvalue weighted by Crippen LogP contribution is 2.42. The van der Waals surface area contributed by atoms with Crippen molar-refractivity contribution in [2.45, 2.75) is 19.4 Å². The van der Waals surface area contributed by atoms with Crippen LogP contribution < -0.4 is 9.64 Å². The van der Waals surface area contributed by atoms with E-state index in [4.69, 9.17) is 9.47 Å². The van der Waals surface area contributed by atoms with E-state index < -0.39 is 23.7 Å². The van der Waals surface area contributed by atoms with Gasteiger partial charge in [-0.15, -0.1) is 0 Å². The first-order chi connectivity index (χ1) is 17.0. The van der Waals surface area contributed by atoms with Gasteiger partial charge in [0, 0.05) is 11.3 Å². The van der Waals surface area contributed by atoms with E-state index >= 15 is 0 Å². The quantitative estimate of drug-likeness (QED) is 0.228. The molecule has 1 unspecified atom stereocenters. The van der Waals surface area contributed by atoms with Gasteiger partial charge in [0.15, 0.2) is 0 Å². The minimum absolute atomic E-state index is 0.0135. The molecule has 178 valence electrons. The van der Waals surface area contributed by atoms with Crippen LogP contribution in [-0.2, 0) is 14.3 Å². The van der Waals surface area contributed by atoms with Crippen LogP contribution in [0.2, 0.25) is 0 Å². The number of esters is 1. The fourth-order valence-electron chi connectivity index (χ4n) is 4.01. The van der Waals surface area contributed by atoms with Gasteiger partial charge in [-0.1, -0.05) is 37.3 Å². The van der Waals surface area contributed by atoms with Crippen molar-refractivity contribution in [1.82, 2.24) is 0 Å². The Bertz CT molecular complexity index is 1260. The highest BCUT2D eigenvalue weighted by molar-refractivity contribution is 6.51. The average Bonchev–Trinajstić information content (AvgIpc) is 3.17. The Morgan fingerprint density at radius 1 is 0.914 bits per heavy atom. The number of carbonyl (C=O) groups excluding carboxylic acids is 3. The van der Waals surface area contributed by atoms with Gasteiger partial charge in [0.1, 0.15) is 11.5 Å². The van der Waals surface area contributed by atoms with Crippen molar-refractivity contribution >= 4 is 29.1 Å². The Morgan fingerprint density at radius 2 is 1.54 bits per heavy atom. The second kappa shape index (κ2) is 10.3. The molecule has 1 amide bonds. The third-order valence-corrected chi connectivity index (χ3v) is 5.73. The van der Waals surface area contributed by atoms with E-state index in [-0.39, 0.29) is 11.3 Å². The molecule has 4 rings (SSSR count). The predicted molar refractivity (Wildman–Crippen MR) is 131 cm³/mol. The van der Waals surface area contributed by atoms with Crippen molar-refractivity contribution in [1.29, 1.82) is 0 Å². The number of anilines is 1. The summed E-state index contributed by atoms with van der Waals surface area (Å²) in [5.74, 6) is -1.69. The number of hydrogen-bond acceptors (Lipinski definition) is 6. The number of hydrogen-bond donors (Lipinski definition) is 1. The third kappa shape index (κ3) is 4.66. The second-order valence-electron chi connectivity index (χ2n) is 7.99. The van der Waals surface area contributed by atoms with Crippen LogP contribution in [-0.4, -0.2) is 36.5 Å². The monoisotopic (exact) mass is 471 g/mol. The van der Waals surface area contributed by atoms with Crippen LogP contribution in [0.4, 0.5) is 5.69 Å². The molecule has 3 aromatic carbocycles. The van der Waals surface area contributed by atoms with Crippen LogP contribution in [0.3, 0.4) is 0 Å². The molecular formula is C28H25NO6. The second-order valence-corrected chi connectivity index (χ2v) is 7.99. The molecule has 3 aromatic rings. The van der Waals surface area contributed by atoms with Crippen molar-refractivity contribution in [3.63, 3.8) is 0 Å². The zero-order valence-electron chi connectivity index (χ0n) is 19.4. The number of aliphatic hydroxyl groups excluding tert-OH is 1. The first-order valence-electron chi connectivity index (χ1n) is 11.2. The largest absolute Gasteiger partial charge is 0.507 e. The molecule has 1 atom stereocenters. The Kier molecular flexibility index (Phi) is 6.96. The van der Waals surface area contributed by atoms with E-state index in [0.717, 1.165) is 6.42 Å². The normalized spacial score (nSPS) is 16.9. The first-order valence-corrected chi connectivity index (χ1v) is 11.2. The summed E-state index contributed by atoms with van der Waals surface area (Å²) in [4.78, 5) is 39.6. The van der Waals surface area contributed by atoms with Crippen LogP contribution >= 0.6 is 0 Å². The molecule has 1 aliphatic heterocycles. The van der Waals surface area contributed by atoms with Gasteiger partial charge in [0.05, 0.1) is 30.9 Å². The number of Topliss-reactive ketones (excluding diaryl/α,β-unsaturated/α-hetero) is 1. The molecule has 7 nitrogen and oxygen atoms in total. The molecule has 7 heteroatoms. The lowest BCUT2D eigenvalue weighted by Gasteiger charge is -2.25. The summed E-state index contributed by atoms with van der Waals surface area (Å²) in [6.07, 6.45) is 0.864. The maximum absolute atomic E-state index is 13.2. The SMILES string of the molecule is CCCOc1ccc(/C(O)=C2\C(=O)C(=O)N(c3ccc(C(=O)OC)cc3)C2c2ccccc2)cc1. The summed E-state index contributed by atoms with van der Waals surface area (Å²) in [7, 11) is 1.28. The van der Waals surface area contributed by atoms with Gasteiger partial charge in [0.2, 0.25) is 0 Å². The molecule has 0 aromatic heterocycles. The van der Waals surface area contributed by atoms with Crippen molar-refractivity contribution < 1.29 is 29.0 Å². The molecular weight excluding hydrogens is 446 g/mol. The molecule has 1 saturated heterocycles. The molecule has 1 fully saturated rings. The van der Waals surface area contributed by atoms with Gasteiger partial charge in [-0.2, -0.15) is 0 Å². The maximum atomic E-state index is 13.2. The van der Waals surface area contributed by atoms with Crippen molar-refractivity contribution in [3.05, 3.63) is 101 Å². The van der Waals surface area contributed by atoms with Crippen LogP contribution in [0.1, 0.15) is 40.9 Å². The third-order valence-electron chi connectivity index (χ3n) is 5.73. The van der Waals surface area contributed by atoms with Gasteiger partial charge in [-0.3, -0.25) is 14.5 Å². The van der Waals surface area contributed by atoms with E-state index in [1.54, 1.807) is 60.7 Å². The minimum Gasteiger partial charge on any atom is -0.507 e. The maximum Gasteiger partial charge on any atom is 0.337 e. The number of ketones is 1. The van der Waals surface area contributed by atoms with Crippen molar-refractivity contribution in [2.75, 3.05) is 18.6 Å². The first kappa shape index (κ1) is 23.8. The molecule has 1 N–H and O–H groups in total. The molecule has 1 heterocycles. The average molecular weight is 472 g/mol. The van der Waals surface area contributed by atoms with Gasteiger partial charge in [-0.05, 0) is 60.5 Å². The lowest BCUT2D eigenvalue weighted by molar-refractivity contribution is -0.132. The number of nitrogens with zero attached hydrogens (tertiary/aromatic N) is 1. The van der Waals surface area contributed by atoms with E-state index in [1.165, 1.54) is 24.1 Å². The van der Waals surface area contributed by atoms with Crippen LogP contribution in [0.25, 0.3) is 5.76 Å². The van der Waals surface area contributed by atoms with E-state index in [0.29, 0.717) is 34.7 Å². The molecule has 0 aliphatic carbocycles. The summed E-state index contributed by atoms with van der Waals surface area (Å²) in [5.41, 5.74) is 1.77. The van der Waals surface area contributed by atoms with E-state index in [2.05, 4.69) is 0 Å². The summed E-state index contributed by atoms with van der Waals surface area (Å²) in [6, 6.07) is 21.1. The highest BCUT2D eigenvalue weighted by Gasteiger charge is 2.46. The number of methoxy groups -OCH3 is 1. The zero-order chi connectivity index (χ0) is 24.9. The number of benzene rings is 3. The van der Waals surface area contributed by atoms with Crippen LogP contribution in [0.5, 0.6) is 5.75 Å². The van der Waals surface area contributed by atoms with E-state index in [1.807, 2.05) is 13.0 Å². The number of rotatable bonds is 7. The Morgan fingerprint density at radius 3 is 2.14 bits per heavy atom. The summed E-state index contributed by atoms with van der Waals surface area (Å²) in [5, 5.41) is 11.2. The summed E-state index contributed by atoms with van der Waals surface area (Å²) < 4.78 is 10.3. The molecule has 0 spiro atoms. The number of carbonyl (C=O) groups is 3. The fourth-order valence-corrected chi connectivity index (χ4v) is 4.01. The molecule has 0 saturated carbocycles. The van der Waals surface area contributed by atoms with Gasteiger partial charge >= 0.3 is 5.97 Å². The van der Waals surface area contributed by atoms with Crippen LogP contribution in [0, 0.1) is 0 Å². The highest BCUT2D eigenvalue weighted by atomic mass is 16.5. The summed E-state index contributed by atoms with van der Waals surface area (Å²) in [6.45, 7) is 2.57. The molecule has 1 aliphatic rings. The van der Waals surface area contributed by atoms with Crippen LogP contribution in [0.15, 0.2) is 84.4 Å². The van der Waals surface area contributed by atoms with E-state index in [9.17, 15) is 19.5 Å². The fraction of sp³-hybridized carbons (Fsp3) is 0.179. The molecule has 35 heavy (non-hydrogen) atoms. The Balaban J connectivity index is 1.80. The zero-order valence-corrected chi connectivity index (χ0v) is 19.4. The lowest BCUT2D eigenvalue weighted by Crippen LogP contribution is -2.29. The minimum atomic E-state index is -0.851. The predicted octanol–water partition coefficient (Wildman–Crippen LogP) is 4.89. The summed E-state index contributed by atoms with van der Waals surface area (Å²) >= 11 is 0. The number of ether oxygens (including phenoxy) is 2. The van der Waals surface area contributed by atoms with Crippen molar-refractivity contribution in [2.24, 2.45) is 0 Å². The van der Waals surface area contributed by atoms with Gasteiger partial charge in [0.25, 0.3) is 11.7 Å². The molecule has 0 bridgehead atoms. The Hall–Kier alpha value is -4.39. The smallest absolute Gasteiger partial charge is 0.337 e. The number of aliphatic hydroxyl groups is 1. The number of amides is 1. The topological polar surface area (TPSA) is 93.1 Å². The lowest BCUT2D eigenvalue weighted by atomic mass is 9.95.